The molecular formula is C13H22N4O2S. The van der Waals surface area contributed by atoms with Gasteiger partial charge in [0.25, 0.3) is 0 Å². The van der Waals surface area contributed by atoms with Gasteiger partial charge in [0.15, 0.2) is 0 Å². The van der Waals surface area contributed by atoms with Gasteiger partial charge in [-0.25, -0.2) is 4.72 Å². The lowest BCUT2D eigenvalue weighted by atomic mass is 10.3. The molecular weight excluding hydrogens is 276 g/mol. The highest BCUT2D eigenvalue weighted by Crippen LogP contribution is 2.05. The molecule has 2 N–H and O–H groups in total. The molecule has 6 nitrogen and oxygen atoms in total. The monoisotopic (exact) mass is 298 g/mol. The molecule has 0 aliphatic rings. The second kappa shape index (κ2) is 7.86. The van der Waals surface area contributed by atoms with E-state index in [0.29, 0.717) is 6.54 Å². The van der Waals surface area contributed by atoms with Gasteiger partial charge in [0.1, 0.15) is 0 Å². The van der Waals surface area contributed by atoms with E-state index in [4.69, 9.17) is 0 Å². The summed E-state index contributed by atoms with van der Waals surface area (Å²) in [4.78, 5) is 4.26. The van der Waals surface area contributed by atoms with Crippen LogP contribution in [0.2, 0.25) is 0 Å². The Bertz CT molecular complexity index is 527. The summed E-state index contributed by atoms with van der Waals surface area (Å²) in [6.45, 7) is 2.63. The van der Waals surface area contributed by atoms with Crippen molar-refractivity contribution in [3.63, 3.8) is 0 Å². The zero-order valence-electron chi connectivity index (χ0n) is 12.1. The zero-order chi connectivity index (χ0) is 15.0. The third-order valence-corrected chi connectivity index (χ3v) is 3.94. The first-order valence-electron chi connectivity index (χ1n) is 6.52. The van der Waals surface area contributed by atoms with Crippen molar-refractivity contribution in [2.45, 2.75) is 19.8 Å². The summed E-state index contributed by atoms with van der Waals surface area (Å²) in [6, 6.07) is 9.32. The van der Waals surface area contributed by atoms with Crippen molar-refractivity contribution in [3.05, 3.63) is 30.3 Å². The number of hydrogen-bond acceptors (Lipinski definition) is 3. The van der Waals surface area contributed by atoms with Crippen LogP contribution in [0.4, 0.5) is 5.69 Å². The van der Waals surface area contributed by atoms with E-state index in [2.05, 4.69) is 22.0 Å². The van der Waals surface area contributed by atoms with Gasteiger partial charge in [0.05, 0.1) is 0 Å². The van der Waals surface area contributed by atoms with E-state index in [9.17, 15) is 8.42 Å². The van der Waals surface area contributed by atoms with Crippen molar-refractivity contribution in [1.29, 1.82) is 0 Å². The van der Waals surface area contributed by atoms with Gasteiger partial charge in [0, 0.05) is 26.3 Å². The Morgan fingerprint density at radius 3 is 2.45 bits per heavy atom. The minimum atomic E-state index is -3.56. The maximum absolute atomic E-state index is 11.9. The third-order valence-electron chi connectivity index (χ3n) is 2.52. The largest absolute Gasteiger partial charge is 0.326 e. The smallest absolute Gasteiger partial charge is 0.303 e. The number of anilines is 1. The molecule has 0 fully saturated rings. The van der Waals surface area contributed by atoms with Crippen molar-refractivity contribution < 1.29 is 8.42 Å². The molecule has 0 saturated carbocycles. The van der Waals surface area contributed by atoms with E-state index in [1.54, 1.807) is 0 Å². The summed E-state index contributed by atoms with van der Waals surface area (Å²) in [5.41, 5.74) is 0.782. The molecule has 0 bridgehead atoms. The van der Waals surface area contributed by atoms with E-state index < -0.39 is 10.2 Å². The maximum Gasteiger partial charge on any atom is 0.303 e. The predicted molar refractivity (Wildman–Crippen MR) is 83.0 cm³/mol. The SMILES string of the molecule is CCCCN=C(Nc1ccccc1)NS(=O)(=O)N(C)C. The number of hydrogen-bond donors (Lipinski definition) is 2. The first-order chi connectivity index (χ1) is 9.45. The molecule has 0 aromatic heterocycles. The molecule has 1 aromatic rings. The Balaban J connectivity index is 2.83. The van der Waals surface area contributed by atoms with E-state index in [1.807, 2.05) is 30.3 Å². The zero-order valence-corrected chi connectivity index (χ0v) is 12.9. The van der Waals surface area contributed by atoms with Crippen LogP contribution in [0, 0.1) is 0 Å². The second-order valence-corrected chi connectivity index (χ2v) is 6.35. The summed E-state index contributed by atoms with van der Waals surface area (Å²) in [5.74, 6) is 0.235. The van der Waals surface area contributed by atoms with Crippen LogP contribution in [0.15, 0.2) is 35.3 Å². The lowest BCUT2D eigenvalue weighted by Crippen LogP contribution is -2.42. The highest BCUT2D eigenvalue weighted by Gasteiger charge is 2.15. The summed E-state index contributed by atoms with van der Waals surface area (Å²) in [7, 11) is -0.631. The number of nitrogens with one attached hydrogen (secondary N) is 2. The van der Waals surface area contributed by atoms with Crippen molar-refractivity contribution in [2.75, 3.05) is 26.0 Å². The van der Waals surface area contributed by atoms with Crippen LogP contribution in [-0.4, -0.2) is 39.3 Å². The standard InChI is InChI=1S/C13H22N4O2S/c1-4-5-11-14-13(16-20(18,19)17(2)3)15-12-9-7-6-8-10-12/h6-10H,4-5,11H2,1-3H3,(H2,14,15,16). The van der Waals surface area contributed by atoms with Gasteiger partial charge in [-0.3, -0.25) is 4.99 Å². The number of aliphatic imine (C=N–C) groups is 1. The summed E-state index contributed by atoms with van der Waals surface area (Å²) in [5, 5.41) is 2.98. The molecule has 7 heteroatoms. The van der Waals surface area contributed by atoms with Crippen LogP contribution in [0.5, 0.6) is 0 Å². The van der Waals surface area contributed by atoms with Gasteiger partial charge in [-0.05, 0) is 18.6 Å². The van der Waals surface area contributed by atoms with Crippen LogP contribution in [0.3, 0.4) is 0 Å². The summed E-state index contributed by atoms with van der Waals surface area (Å²) >= 11 is 0. The van der Waals surface area contributed by atoms with Crippen LogP contribution >= 0.6 is 0 Å². The van der Waals surface area contributed by atoms with Crippen LogP contribution in [0.1, 0.15) is 19.8 Å². The Morgan fingerprint density at radius 2 is 1.90 bits per heavy atom. The van der Waals surface area contributed by atoms with Crippen LogP contribution in [0.25, 0.3) is 0 Å². The molecule has 0 saturated heterocycles. The fraction of sp³-hybridized carbons (Fsp3) is 0.462. The highest BCUT2D eigenvalue weighted by atomic mass is 32.2. The van der Waals surface area contributed by atoms with Gasteiger partial charge in [0.2, 0.25) is 5.96 Å². The lowest BCUT2D eigenvalue weighted by molar-refractivity contribution is 0.516. The fourth-order valence-electron chi connectivity index (χ4n) is 1.32. The molecule has 112 valence electrons. The molecule has 0 heterocycles. The van der Waals surface area contributed by atoms with Crippen molar-refractivity contribution >= 4 is 21.9 Å². The van der Waals surface area contributed by atoms with E-state index in [-0.39, 0.29) is 5.96 Å². The Hall–Kier alpha value is -1.60. The van der Waals surface area contributed by atoms with Crippen molar-refractivity contribution in [3.8, 4) is 0 Å². The first-order valence-corrected chi connectivity index (χ1v) is 7.96. The minimum Gasteiger partial charge on any atom is -0.326 e. The predicted octanol–water partition coefficient (Wildman–Crippen LogP) is 1.65. The number of benzene rings is 1. The molecule has 20 heavy (non-hydrogen) atoms. The molecule has 0 atom stereocenters. The topological polar surface area (TPSA) is 73.8 Å². The average Bonchev–Trinajstić information content (AvgIpc) is 2.39. The van der Waals surface area contributed by atoms with Crippen molar-refractivity contribution in [2.24, 2.45) is 4.99 Å². The van der Waals surface area contributed by atoms with Crippen LogP contribution < -0.4 is 10.0 Å². The third kappa shape index (κ3) is 5.58. The number of para-hydroxylation sites is 1. The van der Waals surface area contributed by atoms with Gasteiger partial charge >= 0.3 is 10.2 Å². The van der Waals surface area contributed by atoms with E-state index in [1.165, 1.54) is 14.1 Å². The van der Waals surface area contributed by atoms with Crippen molar-refractivity contribution in [1.82, 2.24) is 9.03 Å². The molecule has 0 aliphatic heterocycles. The molecule has 0 unspecified atom stereocenters. The molecule has 0 amide bonds. The van der Waals surface area contributed by atoms with Gasteiger partial charge < -0.3 is 5.32 Å². The molecule has 0 aliphatic carbocycles. The quantitative estimate of drug-likeness (QED) is 0.476. The highest BCUT2D eigenvalue weighted by molar-refractivity contribution is 7.87. The maximum atomic E-state index is 11.9. The first kappa shape index (κ1) is 16.5. The number of nitrogens with zero attached hydrogens (tertiary/aromatic N) is 2. The summed E-state index contributed by atoms with van der Waals surface area (Å²) in [6.07, 6.45) is 1.91. The fourth-order valence-corrected chi connectivity index (χ4v) is 1.86. The van der Waals surface area contributed by atoms with E-state index >= 15 is 0 Å². The van der Waals surface area contributed by atoms with Gasteiger partial charge in [-0.15, -0.1) is 0 Å². The molecule has 1 rings (SSSR count). The number of rotatable bonds is 6. The Kier molecular flexibility index (Phi) is 6.47. The van der Waals surface area contributed by atoms with Gasteiger partial charge in [-0.2, -0.15) is 12.7 Å². The Labute approximate surface area is 121 Å². The number of guanidine groups is 1. The molecule has 0 radical (unpaired) electrons. The van der Waals surface area contributed by atoms with Crippen LogP contribution in [-0.2, 0) is 10.2 Å². The Morgan fingerprint density at radius 1 is 1.25 bits per heavy atom. The number of unbranched alkanes of at least 4 members (excludes halogenated alkanes) is 1. The normalized spacial score (nSPS) is 12.5. The molecule has 1 aromatic carbocycles. The van der Waals surface area contributed by atoms with Gasteiger partial charge in [-0.1, -0.05) is 31.5 Å². The second-order valence-electron chi connectivity index (χ2n) is 4.46. The van der Waals surface area contributed by atoms with E-state index in [0.717, 1.165) is 22.8 Å². The molecule has 0 spiro atoms. The minimum absolute atomic E-state index is 0.235. The average molecular weight is 298 g/mol. The summed E-state index contributed by atoms with van der Waals surface area (Å²) < 4.78 is 27.3. The lowest BCUT2D eigenvalue weighted by Gasteiger charge is -2.16.